The van der Waals surface area contributed by atoms with Crippen LogP contribution in [0.5, 0.6) is 11.5 Å². The first-order valence-electron chi connectivity index (χ1n) is 9.43. The second-order valence-electron chi connectivity index (χ2n) is 6.20. The molecule has 7 nitrogen and oxygen atoms in total. The minimum absolute atomic E-state index is 0.264. The number of ether oxygens (including phenoxy) is 2. The van der Waals surface area contributed by atoms with Crippen LogP contribution in [-0.4, -0.2) is 36.4 Å². The van der Waals surface area contributed by atoms with Crippen molar-refractivity contribution in [3.05, 3.63) is 71.9 Å². The van der Waals surface area contributed by atoms with Crippen molar-refractivity contribution in [3.63, 3.8) is 0 Å². The van der Waals surface area contributed by atoms with Crippen LogP contribution >= 0.6 is 0 Å². The van der Waals surface area contributed by atoms with E-state index in [2.05, 4.69) is 20.8 Å². The maximum atomic E-state index is 12.3. The fourth-order valence-corrected chi connectivity index (χ4v) is 2.78. The first kappa shape index (κ1) is 20.1. The van der Waals surface area contributed by atoms with Gasteiger partial charge in [0, 0.05) is 12.2 Å². The van der Waals surface area contributed by atoms with Gasteiger partial charge in [0.15, 0.2) is 11.5 Å². The van der Waals surface area contributed by atoms with E-state index in [4.69, 9.17) is 9.47 Å². The van der Waals surface area contributed by atoms with Gasteiger partial charge in [-0.05, 0) is 61.4 Å². The summed E-state index contributed by atoms with van der Waals surface area (Å²) in [6.45, 7) is 3.05. The number of nitrogens with zero attached hydrogens (tertiary/aromatic N) is 2. The highest BCUT2D eigenvalue weighted by Crippen LogP contribution is 2.19. The Labute approximate surface area is 170 Å². The van der Waals surface area contributed by atoms with Crippen LogP contribution in [0.1, 0.15) is 23.0 Å². The van der Waals surface area contributed by atoms with Crippen LogP contribution in [0.4, 0.5) is 11.5 Å². The van der Waals surface area contributed by atoms with E-state index >= 15 is 0 Å². The smallest absolute Gasteiger partial charge is 0.271 e. The Morgan fingerprint density at radius 2 is 1.79 bits per heavy atom. The van der Waals surface area contributed by atoms with Crippen LogP contribution < -0.4 is 20.1 Å². The lowest BCUT2D eigenvalue weighted by molar-refractivity contribution is 0.0948. The molecule has 2 N–H and O–H groups in total. The molecule has 0 saturated carbocycles. The molecular formula is C22H24N4O3. The van der Waals surface area contributed by atoms with Crippen molar-refractivity contribution in [1.82, 2.24) is 15.5 Å². The molecule has 7 heteroatoms. The Morgan fingerprint density at radius 1 is 1.00 bits per heavy atom. The molecule has 1 amide bonds. The molecule has 0 radical (unpaired) electrons. The monoisotopic (exact) mass is 392 g/mol. The van der Waals surface area contributed by atoms with E-state index in [1.165, 1.54) is 0 Å². The van der Waals surface area contributed by atoms with Gasteiger partial charge in [0.25, 0.3) is 5.91 Å². The number of benzene rings is 2. The highest BCUT2D eigenvalue weighted by Gasteiger charge is 2.09. The minimum Gasteiger partial charge on any atom is -0.496 e. The molecule has 0 unspecified atom stereocenters. The standard InChI is InChI=1S/C22H24N4O3/c1-3-29-18-10-8-17(9-11-18)24-21-13-12-19(25-26-21)22(27)23-15-14-16-6-4-5-7-20(16)28-2/h4-13H,3,14-15H2,1-2H3,(H,23,27)(H,24,26). The zero-order valence-corrected chi connectivity index (χ0v) is 16.5. The average molecular weight is 392 g/mol. The van der Waals surface area contributed by atoms with Crippen LogP contribution in [-0.2, 0) is 6.42 Å². The van der Waals surface area contributed by atoms with Gasteiger partial charge in [0.2, 0.25) is 0 Å². The molecule has 0 spiro atoms. The fraction of sp³-hybridized carbons (Fsp3) is 0.227. The Hall–Kier alpha value is -3.61. The topological polar surface area (TPSA) is 85.4 Å². The van der Waals surface area contributed by atoms with Crippen molar-refractivity contribution in [2.24, 2.45) is 0 Å². The third kappa shape index (κ3) is 5.68. The second kappa shape index (κ2) is 10.1. The summed E-state index contributed by atoms with van der Waals surface area (Å²) in [4.78, 5) is 12.3. The number of amides is 1. The Kier molecular flexibility index (Phi) is 7.00. The number of aromatic nitrogens is 2. The highest BCUT2D eigenvalue weighted by atomic mass is 16.5. The number of hydrogen-bond donors (Lipinski definition) is 2. The molecule has 150 valence electrons. The molecule has 29 heavy (non-hydrogen) atoms. The van der Waals surface area contributed by atoms with Gasteiger partial charge in [-0.15, -0.1) is 10.2 Å². The van der Waals surface area contributed by atoms with Gasteiger partial charge in [-0.25, -0.2) is 0 Å². The van der Waals surface area contributed by atoms with E-state index in [0.29, 0.717) is 25.4 Å². The van der Waals surface area contributed by atoms with Crippen LogP contribution in [0.3, 0.4) is 0 Å². The number of methoxy groups -OCH3 is 1. The normalized spacial score (nSPS) is 10.3. The van der Waals surface area contributed by atoms with E-state index in [1.807, 2.05) is 55.5 Å². The van der Waals surface area contributed by atoms with Crippen molar-refractivity contribution in [3.8, 4) is 11.5 Å². The molecule has 1 heterocycles. The maximum Gasteiger partial charge on any atom is 0.271 e. The molecule has 0 saturated heterocycles. The molecule has 0 atom stereocenters. The van der Waals surface area contributed by atoms with Crippen LogP contribution in [0.25, 0.3) is 0 Å². The van der Waals surface area contributed by atoms with Gasteiger partial charge in [0.05, 0.1) is 13.7 Å². The zero-order chi connectivity index (χ0) is 20.5. The number of carbonyl (C=O) groups is 1. The van der Waals surface area contributed by atoms with Crippen LogP contribution in [0.2, 0.25) is 0 Å². The van der Waals surface area contributed by atoms with Gasteiger partial charge in [-0.3, -0.25) is 4.79 Å². The molecular weight excluding hydrogens is 368 g/mol. The predicted molar refractivity (Wildman–Crippen MR) is 112 cm³/mol. The minimum atomic E-state index is -0.264. The van der Waals surface area contributed by atoms with Crippen LogP contribution in [0, 0.1) is 0 Å². The fourth-order valence-electron chi connectivity index (χ4n) is 2.78. The third-order valence-corrected chi connectivity index (χ3v) is 4.21. The summed E-state index contributed by atoms with van der Waals surface area (Å²) in [7, 11) is 1.63. The first-order valence-corrected chi connectivity index (χ1v) is 9.43. The van der Waals surface area contributed by atoms with Crippen molar-refractivity contribution in [2.75, 3.05) is 25.6 Å². The number of carbonyl (C=O) groups excluding carboxylic acids is 1. The number of para-hydroxylation sites is 1. The van der Waals surface area contributed by atoms with E-state index < -0.39 is 0 Å². The average Bonchev–Trinajstić information content (AvgIpc) is 2.76. The second-order valence-corrected chi connectivity index (χ2v) is 6.20. The van der Waals surface area contributed by atoms with E-state index in [-0.39, 0.29) is 11.6 Å². The van der Waals surface area contributed by atoms with Gasteiger partial charge in [-0.1, -0.05) is 18.2 Å². The largest absolute Gasteiger partial charge is 0.496 e. The lowest BCUT2D eigenvalue weighted by Crippen LogP contribution is -2.26. The summed E-state index contributed by atoms with van der Waals surface area (Å²) in [6, 6.07) is 18.6. The molecule has 0 fully saturated rings. The van der Waals surface area contributed by atoms with Crippen molar-refractivity contribution < 1.29 is 14.3 Å². The SMILES string of the molecule is CCOc1ccc(Nc2ccc(C(=O)NCCc3ccccc3OC)nn2)cc1. The lowest BCUT2D eigenvalue weighted by Gasteiger charge is -2.09. The van der Waals surface area contributed by atoms with Gasteiger partial charge >= 0.3 is 0 Å². The van der Waals surface area contributed by atoms with Crippen molar-refractivity contribution in [1.29, 1.82) is 0 Å². The Morgan fingerprint density at radius 3 is 2.48 bits per heavy atom. The summed E-state index contributed by atoms with van der Waals surface area (Å²) in [5, 5.41) is 14.1. The molecule has 0 aliphatic rings. The first-order chi connectivity index (χ1) is 14.2. The van der Waals surface area contributed by atoms with Gasteiger partial charge in [-0.2, -0.15) is 0 Å². The summed E-state index contributed by atoms with van der Waals surface area (Å²) in [5.74, 6) is 1.91. The summed E-state index contributed by atoms with van der Waals surface area (Å²) in [5.41, 5.74) is 2.16. The summed E-state index contributed by atoms with van der Waals surface area (Å²) < 4.78 is 10.7. The molecule has 1 aromatic heterocycles. The number of nitrogens with one attached hydrogen (secondary N) is 2. The van der Waals surface area contributed by atoms with Gasteiger partial charge < -0.3 is 20.1 Å². The molecule has 3 aromatic rings. The molecule has 0 aliphatic heterocycles. The summed E-state index contributed by atoms with van der Waals surface area (Å²) in [6.07, 6.45) is 0.667. The number of anilines is 2. The van der Waals surface area contributed by atoms with E-state index in [0.717, 1.165) is 22.7 Å². The summed E-state index contributed by atoms with van der Waals surface area (Å²) >= 11 is 0. The molecule has 0 bridgehead atoms. The highest BCUT2D eigenvalue weighted by molar-refractivity contribution is 5.92. The quantitative estimate of drug-likeness (QED) is 0.579. The maximum absolute atomic E-state index is 12.3. The molecule has 0 aliphatic carbocycles. The predicted octanol–water partition coefficient (Wildman–Crippen LogP) is 3.60. The molecule has 2 aromatic carbocycles. The van der Waals surface area contributed by atoms with Crippen LogP contribution in [0.15, 0.2) is 60.7 Å². The Balaban J connectivity index is 1.51. The number of hydrogen-bond acceptors (Lipinski definition) is 6. The van der Waals surface area contributed by atoms with Crippen molar-refractivity contribution >= 4 is 17.4 Å². The van der Waals surface area contributed by atoms with E-state index in [9.17, 15) is 4.79 Å². The van der Waals surface area contributed by atoms with Gasteiger partial charge in [0.1, 0.15) is 11.5 Å². The van der Waals surface area contributed by atoms with E-state index in [1.54, 1.807) is 19.2 Å². The lowest BCUT2D eigenvalue weighted by atomic mass is 10.1. The third-order valence-electron chi connectivity index (χ3n) is 4.21. The van der Waals surface area contributed by atoms with Crippen molar-refractivity contribution in [2.45, 2.75) is 13.3 Å². The zero-order valence-electron chi connectivity index (χ0n) is 16.5. The molecule has 3 rings (SSSR count). The number of rotatable bonds is 9. The Bertz CT molecular complexity index is 928.